The standard InChI is InChI=1S/C24H29N3OS/c28-16-12-22-18-26(14-15-27(22)13-11-20-7-3-1-4-8-20)19-23-17-25-24(29-23)21-9-5-2-6-10-21/h1-10,17,22,28H,11-16,18-19H2/t22-/m0/s1. The molecule has 1 aliphatic heterocycles. The van der Waals surface area contributed by atoms with Crippen molar-refractivity contribution in [3.63, 3.8) is 0 Å². The number of aliphatic hydroxyl groups is 1. The van der Waals surface area contributed by atoms with Crippen molar-refractivity contribution in [1.82, 2.24) is 14.8 Å². The molecule has 0 bridgehead atoms. The van der Waals surface area contributed by atoms with Crippen molar-refractivity contribution in [3.8, 4) is 10.6 Å². The average molecular weight is 408 g/mol. The number of nitrogens with zero attached hydrogens (tertiary/aromatic N) is 3. The number of hydrogen-bond acceptors (Lipinski definition) is 5. The van der Waals surface area contributed by atoms with Crippen molar-refractivity contribution in [3.05, 3.63) is 77.3 Å². The molecule has 1 saturated heterocycles. The Kier molecular flexibility index (Phi) is 7.06. The van der Waals surface area contributed by atoms with E-state index in [0.717, 1.165) is 50.6 Å². The summed E-state index contributed by atoms with van der Waals surface area (Å²) < 4.78 is 0. The lowest BCUT2D eigenvalue weighted by Gasteiger charge is -2.41. The minimum atomic E-state index is 0.249. The predicted octanol–water partition coefficient (Wildman–Crippen LogP) is 3.92. The largest absolute Gasteiger partial charge is 0.396 e. The van der Waals surface area contributed by atoms with E-state index < -0.39 is 0 Å². The zero-order valence-electron chi connectivity index (χ0n) is 16.8. The van der Waals surface area contributed by atoms with Gasteiger partial charge in [0.15, 0.2) is 0 Å². The Balaban J connectivity index is 1.34. The third-order valence-electron chi connectivity index (χ3n) is 5.64. The van der Waals surface area contributed by atoms with Gasteiger partial charge in [-0.25, -0.2) is 4.98 Å². The molecule has 1 N–H and O–H groups in total. The molecule has 2 heterocycles. The highest BCUT2D eigenvalue weighted by atomic mass is 32.1. The number of rotatable bonds is 8. The van der Waals surface area contributed by atoms with Gasteiger partial charge in [0.2, 0.25) is 0 Å². The Hall–Kier alpha value is -2.05. The third kappa shape index (κ3) is 5.52. The molecule has 1 aromatic heterocycles. The minimum Gasteiger partial charge on any atom is -0.396 e. The Bertz CT molecular complexity index is 868. The van der Waals surface area contributed by atoms with Crippen molar-refractivity contribution in [2.45, 2.75) is 25.4 Å². The highest BCUT2D eigenvalue weighted by molar-refractivity contribution is 7.15. The maximum Gasteiger partial charge on any atom is 0.123 e. The predicted molar refractivity (Wildman–Crippen MR) is 120 cm³/mol. The summed E-state index contributed by atoms with van der Waals surface area (Å²) in [5, 5.41) is 10.7. The van der Waals surface area contributed by atoms with Crippen molar-refractivity contribution in [1.29, 1.82) is 0 Å². The van der Waals surface area contributed by atoms with Gasteiger partial charge in [0.1, 0.15) is 5.01 Å². The number of aromatic nitrogens is 1. The minimum absolute atomic E-state index is 0.249. The van der Waals surface area contributed by atoms with Crippen LogP contribution in [0.3, 0.4) is 0 Å². The quantitative estimate of drug-likeness (QED) is 0.614. The molecule has 1 aliphatic rings. The number of benzene rings is 2. The number of aliphatic hydroxyl groups excluding tert-OH is 1. The van der Waals surface area contributed by atoms with Crippen LogP contribution in [0, 0.1) is 0 Å². The van der Waals surface area contributed by atoms with Crippen molar-refractivity contribution in [2.24, 2.45) is 0 Å². The molecule has 0 spiro atoms. The van der Waals surface area contributed by atoms with E-state index in [0.29, 0.717) is 6.04 Å². The van der Waals surface area contributed by atoms with Crippen LogP contribution in [-0.4, -0.2) is 58.7 Å². The molecule has 3 aromatic rings. The molecule has 152 valence electrons. The second-order valence-electron chi connectivity index (χ2n) is 7.67. The van der Waals surface area contributed by atoms with Gasteiger partial charge in [0, 0.05) is 62.0 Å². The second kappa shape index (κ2) is 10.1. The Morgan fingerprint density at radius 2 is 1.76 bits per heavy atom. The molecule has 0 amide bonds. The van der Waals surface area contributed by atoms with Crippen molar-refractivity contribution < 1.29 is 5.11 Å². The smallest absolute Gasteiger partial charge is 0.123 e. The summed E-state index contributed by atoms with van der Waals surface area (Å²) in [7, 11) is 0. The molecule has 0 aliphatic carbocycles. The van der Waals surface area contributed by atoms with Gasteiger partial charge in [-0.1, -0.05) is 60.7 Å². The lowest BCUT2D eigenvalue weighted by Crippen LogP contribution is -2.53. The lowest BCUT2D eigenvalue weighted by atomic mass is 10.1. The van der Waals surface area contributed by atoms with Gasteiger partial charge in [-0.2, -0.15) is 0 Å². The van der Waals surface area contributed by atoms with Crippen LogP contribution in [0.1, 0.15) is 16.9 Å². The van der Waals surface area contributed by atoms with E-state index in [2.05, 4.69) is 69.4 Å². The fourth-order valence-corrected chi connectivity index (χ4v) is 5.01. The molecule has 29 heavy (non-hydrogen) atoms. The van der Waals surface area contributed by atoms with Gasteiger partial charge < -0.3 is 5.11 Å². The molecule has 5 heteroatoms. The first kappa shape index (κ1) is 20.2. The third-order valence-corrected chi connectivity index (χ3v) is 6.67. The topological polar surface area (TPSA) is 39.6 Å². The molecule has 2 aromatic carbocycles. The van der Waals surface area contributed by atoms with Crippen LogP contribution in [0.25, 0.3) is 10.6 Å². The van der Waals surface area contributed by atoms with Gasteiger partial charge in [-0.3, -0.25) is 9.80 Å². The van der Waals surface area contributed by atoms with E-state index in [1.807, 2.05) is 12.3 Å². The highest BCUT2D eigenvalue weighted by Crippen LogP contribution is 2.26. The molecule has 1 atom stereocenters. The van der Waals surface area contributed by atoms with E-state index in [1.54, 1.807) is 11.3 Å². The zero-order valence-corrected chi connectivity index (χ0v) is 17.6. The highest BCUT2D eigenvalue weighted by Gasteiger charge is 2.26. The number of thiazole rings is 1. The lowest BCUT2D eigenvalue weighted by molar-refractivity contribution is 0.0567. The molecule has 0 unspecified atom stereocenters. The van der Waals surface area contributed by atoms with Crippen LogP contribution in [-0.2, 0) is 13.0 Å². The second-order valence-corrected chi connectivity index (χ2v) is 8.79. The Labute approximate surface area is 177 Å². The van der Waals surface area contributed by atoms with Crippen molar-refractivity contribution >= 4 is 11.3 Å². The van der Waals surface area contributed by atoms with Crippen LogP contribution in [0.4, 0.5) is 0 Å². The summed E-state index contributed by atoms with van der Waals surface area (Å²) in [6.45, 7) is 5.38. The number of hydrogen-bond donors (Lipinski definition) is 1. The van der Waals surface area contributed by atoms with Gasteiger partial charge in [-0.05, 0) is 18.4 Å². The van der Waals surface area contributed by atoms with Crippen LogP contribution >= 0.6 is 11.3 Å². The normalized spacial score (nSPS) is 18.2. The van der Waals surface area contributed by atoms with E-state index in [1.165, 1.54) is 16.0 Å². The Morgan fingerprint density at radius 3 is 2.52 bits per heavy atom. The molecular weight excluding hydrogens is 378 g/mol. The van der Waals surface area contributed by atoms with Gasteiger partial charge in [0.05, 0.1) is 0 Å². The fourth-order valence-electron chi connectivity index (χ4n) is 4.05. The summed E-state index contributed by atoms with van der Waals surface area (Å²) in [6.07, 6.45) is 3.93. The van der Waals surface area contributed by atoms with Crippen LogP contribution in [0.2, 0.25) is 0 Å². The average Bonchev–Trinajstić information content (AvgIpc) is 3.23. The van der Waals surface area contributed by atoms with Crippen molar-refractivity contribution in [2.75, 3.05) is 32.8 Å². The molecule has 1 fully saturated rings. The molecule has 0 radical (unpaired) electrons. The Morgan fingerprint density at radius 1 is 1.00 bits per heavy atom. The van der Waals surface area contributed by atoms with E-state index in [9.17, 15) is 5.11 Å². The molecule has 4 rings (SSSR count). The first-order valence-electron chi connectivity index (χ1n) is 10.4. The number of piperazine rings is 1. The van der Waals surface area contributed by atoms with E-state index in [4.69, 9.17) is 0 Å². The summed E-state index contributed by atoms with van der Waals surface area (Å²) in [5.41, 5.74) is 2.57. The van der Waals surface area contributed by atoms with Crippen LogP contribution in [0.15, 0.2) is 66.9 Å². The zero-order chi connectivity index (χ0) is 19.9. The van der Waals surface area contributed by atoms with Gasteiger partial charge in [-0.15, -0.1) is 11.3 Å². The SMILES string of the molecule is OCC[C@H]1CN(Cc2cnc(-c3ccccc3)s2)CCN1CCc1ccccc1. The maximum atomic E-state index is 9.57. The van der Waals surface area contributed by atoms with Crippen LogP contribution in [0.5, 0.6) is 0 Å². The molecule has 0 saturated carbocycles. The summed E-state index contributed by atoms with van der Waals surface area (Å²) in [5.74, 6) is 0. The first-order chi connectivity index (χ1) is 14.3. The summed E-state index contributed by atoms with van der Waals surface area (Å²) in [4.78, 5) is 11.0. The fraction of sp³-hybridized carbons (Fsp3) is 0.375. The first-order valence-corrected chi connectivity index (χ1v) is 11.2. The summed E-state index contributed by atoms with van der Waals surface area (Å²) in [6, 6.07) is 21.5. The van der Waals surface area contributed by atoms with Crippen LogP contribution < -0.4 is 0 Å². The van der Waals surface area contributed by atoms with E-state index >= 15 is 0 Å². The summed E-state index contributed by atoms with van der Waals surface area (Å²) >= 11 is 1.79. The van der Waals surface area contributed by atoms with Gasteiger partial charge >= 0.3 is 0 Å². The monoisotopic (exact) mass is 407 g/mol. The van der Waals surface area contributed by atoms with Gasteiger partial charge in [0.25, 0.3) is 0 Å². The maximum absolute atomic E-state index is 9.57. The molecule has 4 nitrogen and oxygen atoms in total. The molecular formula is C24H29N3OS. The van der Waals surface area contributed by atoms with E-state index in [-0.39, 0.29) is 6.61 Å².